The Morgan fingerprint density at radius 1 is 1.35 bits per heavy atom. The minimum atomic E-state index is -1.14. The highest BCUT2D eigenvalue weighted by Gasteiger charge is 2.17. The molecular formula is C12H12N4O4. The molecule has 0 radical (unpaired) electrons. The molecule has 0 unspecified atom stereocenters. The van der Waals surface area contributed by atoms with Gasteiger partial charge in [-0.3, -0.25) is 10.1 Å². The molecule has 0 bridgehead atoms. The minimum Gasteiger partial charge on any atom is -0.465 e. The number of nitrogens with zero attached hydrogens (tertiary/aromatic N) is 2. The number of carbonyl (C=O) groups is 1. The number of aromatic nitrogens is 1. The molecule has 1 heterocycles. The van der Waals surface area contributed by atoms with Gasteiger partial charge in [-0.15, -0.1) is 0 Å². The van der Waals surface area contributed by atoms with E-state index >= 15 is 0 Å². The number of benzene rings is 1. The van der Waals surface area contributed by atoms with Crippen molar-refractivity contribution in [2.24, 2.45) is 0 Å². The van der Waals surface area contributed by atoms with E-state index in [1.807, 2.05) is 0 Å². The number of fused-ring (bicyclic) bond motifs is 1. The smallest absolute Gasteiger partial charge is 0.404 e. The summed E-state index contributed by atoms with van der Waals surface area (Å²) < 4.78 is 0. The molecule has 0 aliphatic rings. The summed E-state index contributed by atoms with van der Waals surface area (Å²) in [4.78, 5) is 24.9. The van der Waals surface area contributed by atoms with Gasteiger partial charge < -0.3 is 15.7 Å². The van der Waals surface area contributed by atoms with Gasteiger partial charge >= 0.3 is 11.8 Å². The van der Waals surface area contributed by atoms with Crippen LogP contribution >= 0.6 is 0 Å². The molecule has 0 saturated carbocycles. The molecule has 8 nitrogen and oxygen atoms in total. The summed E-state index contributed by atoms with van der Waals surface area (Å²) in [6.45, 7) is 0.379. The average Bonchev–Trinajstić information content (AvgIpc) is 2.42. The third-order valence-corrected chi connectivity index (χ3v) is 2.66. The Hall–Kier alpha value is -2.90. The Labute approximate surface area is 113 Å². The fourth-order valence-corrected chi connectivity index (χ4v) is 1.81. The van der Waals surface area contributed by atoms with Crippen molar-refractivity contribution < 1.29 is 14.8 Å². The zero-order chi connectivity index (χ0) is 14.5. The van der Waals surface area contributed by atoms with E-state index in [2.05, 4.69) is 15.6 Å². The molecule has 0 fully saturated rings. The highest BCUT2D eigenvalue weighted by atomic mass is 16.6. The number of carboxylic acid groups (broad SMARTS) is 1. The van der Waals surface area contributed by atoms with Gasteiger partial charge in [0.25, 0.3) is 0 Å². The van der Waals surface area contributed by atoms with Gasteiger partial charge in [-0.05, 0) is 6.07 Å². The Balaban J connectivity index is 2.30. The van der Waals surface area contributed by atoms with E-state index in [1.165, 1.54) is 6.20 Å². The van der Waals surface area contributed by atoms with Crippen LogP contribution in [0.3, 0.4) is 0 Å². The third-order valence-electron chi connectivity index (χ3n) is 2.66. The quantitative estimate of drug-likeness (QED) is 0.435. The highest BCUT2D eigenvalue weighted by molar-refractivity contribution is 5.95. The minimum absolute atomic E-state index is 0.140. The molecule has 0 atom stereocenters. The number of hydrogen-bond donors (Lipinski definition) is 3. The van der Waals surface area contributed by atoms with Crippen molar-refractivity contribution in [2.45, 2.75) is 0 Å². The van der Waals surface area contributed by atoms with Crippen LogP contribution in [0.15, 0.2) is 30.5 Å². The Bertz CT molecular complexity index is 659. The first-order valence-electron chi connectivity index (χ1n) is 5.82. The van der Waals surface area contributed by atoms with E-state index in [4.69, 9.17) is 5.11 Å². The first-order chi connectivity index (χ1) is 9.59. The van der Waals surface area contributed by atoms with Gasteiger partial charge in [-0.25, -0.2) is 9.78 Å². The largest absolute Gasteiger partial charge is 0.465 e. The second-order valence-electron chi connectivity index (χ2n) is 3.95. The van der Waals surface area contributed by atoms with Gasteiger partial charge in [-0.1, -0.05) is 18.2 Å². The lowest BCUT2D eigenvalue weighted by atomic mass is 10.1. The predicted molar refractivity (Wildman–Crippen MR) is 72.9 cm³/mol. The van der Waals surface area contributed by atoms with E-state index in [0.29, 0.717) is 16.6 Å². The van der Waals surface area contributed by atoms with Gasteiger partial charge in [0.2, 0.25) is 0 Å². The highest BCUT2D eigenvalue weighted by Crippen LogP contribution is 2.30. The molecule has 2 aromatic rings. The molecule has 0 aliphatic heterocycles. The molecule has 0 aliphatic carbocycles. The molecule has 8 heteroatoms. The summed E-state index contributed by atoms with van der Waals surface area (Å²) in [6, 6.07) is 7.02. The third kappa shape index (κ3) is 2.91. The standard InChI is InChI=1S/C12H12N4O4/c17-12(18)14-6-5-13-11-8-3-1-2-4-9(8)15-7-10(11)16(19)20/h1-4,7,14H,5-6H2,(H,13,15)(H,17,18). The van der Waals surface area contributed by atoms with E-state index in [0.717, 1.165) is 0 Å². The number of rotatable bonds is 5. The first-order valence-corrected chi connectivity index (χ1v) is 5.82. The van der Waals surface area contributed by atoms with Crippen LogP contribution in [0.25, 0.3) is 10.9 Å². The van der Waals surface area contributed by atoms with Crippen molar-refractivity contribution in [3.05, 3.63) is 40.6 Å². The summed E-state index contributed by atoms with van der Waals surface area (Å²) in [5, 5.41) is 25.2. The van der Waals surface area contributed by atoms with Crippen LogP contribution in [0.5, 0.6) is 0 Å². The summed E-state index contributed by atoms with van der Waals surface area (Å²) >= 11 is 0. The SMILES string of the molecule is O=C(O)NCCNc1c([N+](=O)[O-])cnc2ccccc12. The average molecular weight is 276 g/mol. The maximum atomic E-state index is 11.0. The molecule has 0 spiro atoms. The van der Waals surface area contributed by atoms with E-state index < -0.39 is 11.0 Å². The van der Waals surface area contributed by atoms with Crippen molar-refractivity contribution in [1.82, 2.24) is 10.3 Å². The summed E-state index contributed by atoms with van der Waals surface area (Å²) in [5.74, 6) is 0. The molecule has 1 amide bonds. The van der Waals surface area contributed by atoms with Crippen LogP contribution in [-0.4, -0.2) is 34.2 Å². The van der Waals surface area contributed by atoms with Gasteiger partial charge in [0.05, 0.1) is 10.4 Å². The molecule has 20 heavy (non-hydrogen) atoms. The zero-order valence-electron chi connectivity index (χ0n) is 10.4. The molecule has 2 rings (SSSR count). The molecular weight excluding hydrogens is 264 g/mol. The van der Waals surface area contributed by atoms with Gasteiger partial charge in [0.1, 0.15) is 11.9 Å². The van der Waals surface area contributed by atoms with Crippen molar-refractivity contribution in [3.63, 3.8) is 0 Å². The topological polar surface area (TPSA) is 117 Å². The van der Waals surface area contributed by atoms with Crippen LogP contribution in [0.2, 0.25) is 0 Å². The number of nitro groups is 1. The lowest BCUT2D eigenvalue weighted by Gasteiger charge is -2.09. The predicted octanol–water partition coefficient (Wildman–Crippen LogP) is 1.82. The normalized spacial score (nSPS) is 10.2. The van der Waals surface area contributed by atoms with Crippen LogP contribution in [0, 0.1) is 10.1 Å². The van der Waals surface area contributed by atoms with Crippen molar-refractivity contribution in [1.29, 1.82) is 0 Å². The number of pyridine rings is 1. The van der Waals surface area contributed by atoms with Gasteiger partial charge in [-0.2, -0.15) is 0 Å². The summed E-state index contributed by atoms with van der Waals surface area (Å²) in [6.07, 6.45) is 0.0517. The van der Waals surface area contributed by atoms with E-state index in [-0.39, 0.29) is 18.8 Å². The lowest BCUT2D eigenvalue weighted by molar-refractivity contribution is -0.384. The number of amides is 1. The van der Waals surface area contributed by atoms with Crippen molar-refractivity contribution in [2.75, 3.05) is 18.4 Å². The monoisotopic (exact) mass is 276 g/mol. The number of nitrogens with one attached hydrogen (secondary N) is 2. The van der Waals surface area contributed by atoms with Crippen molar-refractivity contribution in [3.8, 4) is 0 Å². The van der Waals surface area contributed by atoms with E-state index in [9.17, 15) is 14.9 Å². The Kier molecular flexibility index (Phi) is 3.94. The second-order valence-corrected chi connectivity index (χ2v) is 3.95. The fraction of sp³-hybridized carbons (Fsp3) is 0.167. The zero-order valence-corrected chi connectivity index (χ0v) is 10.4. The van der Waals surface area contributed by atoms with Crippen LogP contribution in [0.4, 0.5) is 16.2 Å². The number of anilines is 1. The molecule has 1 aromatic carbocycles. The maximum absolute atomic E-state index is 11.0. The van der Waals surface area contributed by atoms with Crippen LogP contribution in [0.1, 0.15) is 0 Å². The van der Waals surface area contributed by atoms with Crippen molar-refractivity contribution >= 4 is 28.4 Å². The Morgan fingerprint density at radius 2 is 2.10 bits per heavy atom. The lowest BCUT2D eigenvalue weighted by Crippen LogP contribution is -2.27. The van der Waals surface area contributed by atoms with Gasteiger partial charge in [0.15, 0.2) is 0 Å². The van der Waals surface area contributed by atoms with E-state index in [1.54, 1.807) is 24.3 Å². The molecule has 0 saturated heterocycles. The Morgan fingerprint density at radius 3 is 2.80 bits per heavy atom. The summed E-state index contributed by atoms with van der Waals surface area (Å²) in [5.41, 5.74) is 0.832. The maximum Gasteiger partial charge on any atom is 0.404 e. The number of para-hydroxylation sites is 1. The summed E-state index contributed by atoms with van der Waals surface area (Å²) in [7, 11) is 0. The molecule has 1 aromatic heterocycles. The first kappa shape index (κ1) is 13.5. The molecule has 3 N–H and O–H groups in total. The second kappa shape index (κ2) is 5.83. The van der Waals surface area contributed by atoms with Crippen LogP contribution < -0.4 is 10.6 Å². The number of hydrogen-bond acceptors (Lipinski definition) is 5. The molecule has 104 valence electrons. The van der Waals surface area contributed by atoms with Crippen LogP contribution in [-0.2, 0) is 0 Å². The fourth-order valence-electron chi connectivity index (χ4n) is 1.81. The van der Waals surface area contributed by atoms with Gasteiger partial charge in [0, 0.05) is 18.5 Å².